The molecule has 0 spiro atoms. The monoisotopic (exact) mass is 286 g/mol. The molecule has 0 saturated carbocycles. The van der Waals surface area contributed by atoms with Gasteiger partial charge in [0.25, 0.3) is 0 Å². The molecule has 3 nitrogen and oxygen atoms in total. The highest BCUT2D eigenvalue weighted by Crippen LogP contribution is 2.24. The Kier molecular flexibility index (Phi) is 6.00. The number of benzene rings is 1. The molecule has 1 heterocycles. The Labute approximate surface area is 127 Å². The summed E-state index contributed by atoms with van der Waals surface area (Å²) >= 11 is 0. The van der Waals surface area contributed by atoms with Crippen molar-refractivity contribution in [1.29, 1.82) is 0 Å². The van der Waals surface area contributed by atoms with Gasteiger partial charge in [0.2, 0.25) is 0 Å². The van der Waals surface area contributed by atoms with E-state index in [2.05, 4.69) is 24.8 Å². The molecule has 2 aromatic rings. The number of para-hydroxylation sites is 1. The summed E-state index contributed by atoms with van der Waals surface area (Å²) in [5.74, 6) is 0.957. The van der Waals surface area contributed by atoms with Crippen molar-refractivity contribution in [1.82, 2.24) is 4.98 Å². The van der Waals surface area contributed by atoms with E-state index in [0.29, 0.717) is 0 Å². The lowest BCUT2D eigenvalue weighted by molar-refractivity contribution is 0.281. The van der Waals surface area contributed by atoms with E-state index in [-0.39, 0.29) is 6.61 Å². The van der Waals surface area contributed by atoms with Gasteiger partial charge in [-0.1, -0.05) is 44.9 Å². The molecule has 0 aliphatic heterocycles. The normalized spacial score (nSPS) is 11.0. The molecular weight excluding hydrogens is 260 g/mol. The molecule has 0 atom stereocenters. The summed E-state index contributed by atoms with van der Waals surface area (Å²) in [5, 5.41) is 10.8. The van der Waals surface area contributed by atoms with Crippen LogP contribution in [0.15, 0.2) is 30.3 Å². The van der Waals surface area contributed by atoms with Gasteiger partial charge < -0.3 is 10.0 Å². The molecule has 114 valence electrons. The van der Waals surface area contributed by atoms with Crippen molar-refractivity contribution in [3.05, 3.63) is 35.9 Å². The third-order valence-corrected chi connectivity index (χ3v) is 3.81. The maximum Gasteiger partial charge on any atom is 0.134 e. The van der Waals surface area contributed by atoms with Gasteiger partial charge in [-0.3, -0.25) is 0 Å². The second kappa shape index (κ2) is 7.99. The first kappa shape index (κ1) is 15.8. The average Bonchev–Trinajstić information content (AvgIpc) is 2.54. The number of aliphatic hydroxyl groups excluding tert-OH is 1. The molecule has 0 saturated heterocycles. The number of hydrogen-bond donors (Lipinski definition) is 1. The van der Waals surface area contributed by atoms with Gasteiger partial charge in [-0.2, -0.15) is 0 Å². The SMILES string of the molecule is CCCCN(CCCC)c1nc2ccccc2cc1CO. The zero-order valence-electron chi connectivity index (χ0n) is 13.2. The highest BCUT2D eigenvalue weighted by atomic mass is 16.3. The summed E-state index contributed by atoms with van der Waals surface area (Å²) in [7, 11) is 0. The molecule has 3 heteroatoms. The van der Waals surface area contributed by atoms with E-state index in [4.69, 9.17) is 4.98 Å². The Morgan fingerprint density at radius 1 is 1.05 bits per heavy atom. The lowest BCUT2D eigenvalue weighted by Crippen LogP contribution is -2.27. The number of nitrogens with zero attached hydrogens (tertiary/aromatic N) is 2. The highest BCUT2D eigenvalue weighted by molar-refractivity contribution is 5.81. The van der Waals surface area contributed by atoms with Gasteiger partial charge in [-0.05, 0) is 25.0 Å². The molecule has 0 aliphatic carbocycles. The van der Waals surface area contributed by atoms with Crippen LogP contribution in [0.4, 0.5) is 5.82 Å². The van der Waals surface area contributed by atoms with Crippen molar-refractivity contribution in [2.45, 2.75) is 46.1 Å². The van der Waals surface area contributed by atoms with Gasteiger partial charge in [0.05, 0.1) is 12.1 Å². The van der Waals surface area contributed by atoms with E-state index in [1.54, 1.807) is 0 Å². The van der Waals surface area contributed by atoms with Crippen LogP contribution in [0.25, 0.3) is 10.9 Å². The predicted molar refractivity (Wildman–Crippen MR) is 89.7 cm³/mol. The summed E-state index contributed by atoms with van der Waals surface area (Å²) in [6.07, 6.45) is 4.65. The first-order valence-corrected chi connectivity index (χ1v) is 8.04. The minimum Gasteiger partial charge on any atom is -0.392 e. The molecule has 1 aromatic carbocycles. The standard InChI is InChI=1S/C18H26N2O/c1-3-5-11-20(12-6-4-2)18-16(14-21)13-15-9-7-8-10-17(15)19-18/h7-10,13,21H,3-6,11-12,14H2,1-2H3. The van der Waals surface area contributed by atoms with Crippen LogP contribution < -0.4 is 4.90 Å². The van der Waals surface area contributed by atoms with Crippen molar-refractivity contribution in [2.75, 3.05) is 18.0 Å². The van der Waals surface area contributed by atoms with Gasteiger partial charge in [0.15, 0.2) is 0 Å². The van der Waals surface area contributed by atoms with Crippen molar-refractivity contribution in [3.8, 4) is 0 Å². The molecular formula is C18H26N2O. The Morgan fingerprint density at radius 3 is 2.33 bits per heavy atom. The second-order valence-electron chi connectivity index (χ2n) is 5.52. The van der Waals surface area contributed by atoms with Gasteiger partial charge in [-0.15, -0.1) is 0 Å². The Bertz CT molecular complexity index is 560. The third kappa shape index (κ3) is 3.94. The average molecular weight is 286 g/mol. The van der Waals surface area contributed by atoms with Crippen LogP contribution in [0.1, 0.15) is 45.1 Å². The number of aliphatic hydroxyl groups is 1. The van der Waals surface area contributed by atoms with Crippen molar-refractivity contribution in [3.63, 3.8) is 0 Å². The number of unbranched alkanes of at least 4 members (excludes halogenated alkanes) is 2. The first-order valence-electron chi connectivity index (χ1n) is 8.04. The van der Waals surface area contributed by atoms with Crippen LogP contribution in [0.3, 0.4) is 0 Å². The quantitative estimate of drug-likeness (QED) is 0.792. The Morgan fingerprint density at radius 2 is 1.71 bits per heavy atom. The first-order chi connectivity index (χ1) is 10.3. The summed E-state index contributed by atoms with van der Waals surface area (Å²) in [5.41, 5.74) is 1.93. The molecule has 2 rings (SSSR count). The van der Waals surface area contributed by atoms with Crippen LogP contribution in [0.5, 0.6) is 0 Å². The number of rotatable bonds is 8. The molecule has 0 bridgehead atoms. The van der Waals surface area contributed by atoms with Gasteiger partial charge in [-0.25, -0.2) is 4.98 Å². The number of aromatic nitrogens is 1. The summed E-state index contributed by atoms with van der Waals surface area (Å²) in [6, 6.07) is 10.2. The van der Waals surface area contributed by atoms with E-state index in [0.717, 1.165) is 48.2 Å². The van der Waals surface area contributed by atoms with Crippen LogP contribution in [-0.2, 0) is 6.61 Å². The molecule has 0 aliphatic rings. The predicted octanol–water partition coefficient (Wildman–Crippen LogP) is 4.13. The second-order valence-corrected chi connectivity index (χ2v) is 5.52. The zero-order valence-corrected chi connectivity index (χ0v) is 13.2. The number of fused-ring (bicyclic) bond motifs is 1. The van der Waals surface area contributed by atoms with Crippen molar-refractivity contribution >= 4 is 16.7 Å². The lowest BCUT2D eigenvalue weighted by Gasteiger charge is -2.26. The fourth-order valence-corrected chi connectivity index (χ4v) is 2.56. The van der Waals surface area contributed by atoms with Gasteiger partial charge >= 0.3 is 0 Å². The van der Waals surface area contributed by atoms with Gasteiger partial charge in [0, 0.05) is 24.0 Å². The summed E-state index contributed by atoms with van der Waals surface area (Å²) in [4.78, 5) is 7.16. The van der Waals surface area contributed by atoms with Crippen molar-refractivity contribution < 1.29 is 5.11 Å². The third-order valence-electron chi connectivity index (χ3n) is 3.81. The molecule has 1 N–H and O–H groups in total. The number of pyridine rings is 1. The zero-order chi connectivity index (χ0) is 15.1. The van der Waals surface area contributed by atoms with Gasteiger partial charge in [0.1, 0.15) is 5.82 Å². The van der Waals surface area contributed by atoms with E-state index in [1.165, 1.54) is 12.8 Å². The minimum atomic E-state index is 0.0436. The van der Waals surface area contributed by atoms with E-state index < -0.39 is 0 Å². The maximum absolute atomic E-state index is 9.71. The number of hydrogen-bond acceptors (Lipinski definition) is 3. The largest absolute Gasteiger partial charge is 0.392 e. The van der Waals surface area contributed by atoms with E-state index >= 15 is 0 Å². The molecule has 0 radical (unpaired) electrons. The minimum absolute atomic E-state index is 0.0436. The van der Waals surface area contributed by atoms with Crippen LogP contribution in [-0.4, -0.2) is 23.2 Å². The maximum atomic E-state index is 9.71. The molecule has 0 fully saturated rings. The van der Waals surface area contributed by atoms with Crippen LogP contribution >= 0.6 is 0 Å². The fraction of sp³-hybridized carbons (Fsp3) is 0.500. The van der Waals surface area contributed by atoms with E-state index in [9.17, 15) is 5.11 Å². The Balaban J connectivity index is 2.38. The molecule has 0 amide bonds. The van der Waals surface area contributed by atoms with Crippen LogP contribution in [0.2, 0.25) is 0 Å². The highest BCUT2D eigenvalue weighted by Gasteiger charge is 2.13. The molecule has 21 heavy (non-hydrogen) atoms. The molecule has 0 unspecified atom stereocenters. The van der Waals surface area contributed by atoms with E-state index in [1.807, 2.05) is 24.3 Å². The molecule has 1 aromatic heterocycles. The fourth-order valence-electron chi connectivity index (χ4n) is 2.56. The lowest BCUT2D eigenvalue weighted by atomic mass is 10.1. The summed E-state index contributed by atoms with van der Waals surface area (Å²) < 4.78 is 0. The smallest absolute Gasteiger partial charge is 0.134 e. The topological polar surface area (TPSA) is 36.4 Å². The van der Waals surface area contributed by atoms with Crippen molar-refractivity contribution in [2.24, 2.45) is 0 Å². The summed E-state index contributed by atoms with van der Waals surface area (Å²) in [6.45, 7) is 6.48. The number of anilines is 1. The van der Waals surface area contributed by atoms with Crippen LogP contribution in [0, 0.1) is 0 Å². The Hall–Kier alpha value is -1.61.